The molecule has 2 aromatic carbocycles. The van der Waals surface area contributed by atoms with Crippen LogP contribution < -0.4 is 5.06 Å². The lowest BCUT2D eigenvalue weighted by atomic mass is 10.1. The van der Waals surface area contributed by atoms with Crippen molar-refractivity contribution < 1.29 is 13.0 Å². The molecule has 0 fully saturated rings. The Morgan fingerprint density at radius 3 is 2.56 bits per heavy atom. The Hall–Kier alpha value is -1.43. The van der Waals surface area contributed by atoms with Gasteiger partial charge in [0.1, 0.15) is 11.4 Å². The summed E-state index contributed by atoms with van der Waals surface area (Å²) in [4.78, 5) is 0. The quantitative estimate of drug-likeness (QED) is 0.604. The summed E-state index contributed by atoms with van der Waals surface area (Å²) in [5.74, 6) is 0. The van der Waals surface area contributed by atoms with E-state index in [0.717, 1.165) is 10.8 Å². The molecule has 1 unspecified atom stereocenters. The van der Waals surface area contributed by atoms with Gasteiger partial charge in [-0.05, 0) is 22.9 Å². The zero-order valence-electron chi connectivity index (χ0n) is 8.62. The molecule has 2 rings (SSSR count). The molecule has 1 atom stereocenters. The highest BCUT2D eigenvalue weighted by molar-refractivity contribution is 7.74. The van der Waals surface area contributed by atoms with E-state index in [1.54, 1.807) is 13.1 Å². The summed E-state index contributed by atoms with van der Waals surface area (Å²) in [5.41, 5.74) is 0.683. The van der Waals surface area contributed by atoms with Crippen molar-refractivity contribution in [3.05, 3.63) is 42.5 Å². The zero-order valence-corrected chi connectivity index (χ0v) is 9.44. The van der Waals surface area contributed by atoms with Crippen LogP contribution in [0.2, 0.25) is 0 Å². The predicted molar refractivity (Wildman–Crippen MR) is 62.4 cm³/mol. The van der Waals surface area contributed by atoms with Crippen LogP contribution in [0, 0.1) is 0 Å². The third-order valence-corrected chi connectivity index (χ3v) is 2.61. The monoisotopic (exact) mass is 236 g/mol. The van der Waals surface area contributed by atoms with E-state index in [1.807, 2.05) is 36.4 Å². The fraction of sp³-hybridized carbons (Fsp3) is 0.0909. The molecule has 0 radical (unpaired) electrons. The van der Waals surface area contributed by atoms with E-state index in [0.29, 0.717) is 5.69 Å². The number of fused-ring (bicyclic) bond motifs is 1. The van der Waals surface area contributed by atoms with Crippen LogP contribution in [0.25, 0.3) is 10.8 Å². The first-order chi connectivity index (χ1) is 7.66. The summed E-state index contributed by atoms with van der Waals surface area (Å²) in [6.45, 7) is 0. The topological polar surface area (TPSA) is 52.6 Å². The standard InChI is InChI=1S/C11H11NO3S/c1-12(15-16(13)14)11-7-6-9-4-2-3-5-10(9)8-11/h2-8H,1H3,(H,13,14)/p-1. The highest BCUT2D eigenvalue weighted by Gasteiger charge is 2.02. The normalized spacial score (nSPS) is 12.6. The van der Waals surface area contributed by atoms with Crippen molar-refractivity contribution in [1.29, 1.82) is 0 Å². The van der Waals surface area contributed by atoms with Crippen LogP contribution in [-0.2, 0) is 15.6 Å². The number of hydroxylamine groups is 1. The van der Waals surface area contributed by atoms with E-state index in [9.17, 15) is 8.76 Å². The predicted octanol–water partition coefficient (Wildman–Crippen LogP) is 2.00. The van der Waals surface area contributed by atoms with Crippen LogP contribution in [0.3, 0.4) is 0 Å². The minimum absolute atomic E-state index is 0.683. The second-order valence-corrected chi connectivity index (χ2v) is 3.86. The van der Waals surface area contributed by atoms with Crippen LogP contribution in [-0.4, -0.2) is 15.8 Å². The summed E-state index contributed by atoms with van der Waals surface area (Å²) in [6, 6.07) is 13.4. The zero-order chi connectivity index (χ0) is 11.5. The maximum atomic E-state index is 10.4. The Labute approximate surface area is 95.9 Å². The highest BCUT2D eigenvalue weighted by Crippen LogP contribution is 2.21. The summed E-state index contributed by atoms with van der Waals surface area (Å²) < 4.78 is 25.3. The molecule has 4 nitrogen and oxygen atoms in total. The van der Waals surface area contributed by atoms with Crippen molar-refractivity contribution in [3.8, 4) is 0 Å². The first-order valence-corrected chi connectivity index (χ1v) is 5.67. The number of hydrogen-bond donors (Lipinski definition) is 0. The summed E-state index contributed by atoms with van der Waals surface area (Å²) >= 11 is -2.55. The van der Waals surface area contributed by atoms with Gasteiger partial charge in [-0.25, -0.2) is 9.27 Å². The summed E-state index contributed by atoms with van der Waals surface area (Å²) in [6.07, 6.45) is 0. The maximum Gasteiger partial charge on any atom is 0.112 e. The lowest BCUT2D eigenvalue weighted by Gasteiger charge is -2.19. The van der Waals surface area contributed by atoms with E-state index in [2.05, 4.69) is 4.28 Å². The molecule has 2 aromatic rings. The minimum atomic E-state index is -2.55. The summed E-state index contributed by atoms with van der Waals surface area (Å²) in [5, 5.41) is 3.34. The third-order valence-electron chi connectivity index (χ3n) is 2.27. The molecule has 0 saturated heterocycles. The Bertz CT molecular complexity index is 529. The molecule has 0 heterocycles. The molecule has 0 saturated carbocycles. The van der Waals surface area contributed by atoms with Gasteiger partial charge in [0.25, 0.3) is 0 Å². The van der Waals surface area contributed by atoms with Crippen LogP contribution in [0.4, 0.5) is 5.69 Å². The minimum Gasteiger partial charge on any atom is -0.748 e. The van der Waals surface area contributed by atoms with Crippen molar-refractivity contribution in [2.24, 2.45) is 0 Å². The van der Waals surface area contributed by atoms with Crippen molar-refractivity contribution in [1.82, 2.24) is 0 Å². The Morgan fingerprint density at radius 2 is 1.88 bits per heavy atom. The number of rotatable bonds is 3. The number of anilines is 1. The van der Waals surface area contributed by atoms with Gasteiger partial charge in [0.2, 0.25) is 0 Å². The first-order valence-electron chi connectivity index (χ1n) is 4.67. The van der Waals surface area contributed by atoms with Crippen LogP contribution >= 0.6 is 0 Å². The van der Waals surface area contributed by atoms with E-state index in [1.165, 1.54) is 5.06 Å². The lowest BCUT2D eigenvalue weighted by molar-refractivity contribution is 0.289. The second kappa shape index (κ2) is 4.61. The molecule has 0 aromatic heterocycles. The molecule has 16 heavy (non-hydrogen) atoms. The van der Waals surface area contributed by atoms with Gasteiger partial charge in [0.15, 0.2) is 0 Å². The van der Waals surface area contributed by atoms with Crippen LogP contribution in [0.5, 0.6) is 0 Å². The molecule has 0 bridgehead atoms. The average Bonchev–Trinajstić information content (AvgIpc) is 2.27. The third kappa shape index (κ3) is 2.38. The second-order valence-electron chi connectivity index (χ2n) is 3.31. The van der Waals surface area contributed by atoms with E-state index in [-0.39, 0.29) is 0 Å². The van der Waals surface area contributed by atoms with E-state index >= 15 is 0 Å². The molecular formula is C11H10NO3S-. The number of benzene rings is 2. The molecule has 0 N–H and O–H groups in total. The Morgan fingerprint density at radius 1 is 1.19 bits per heavy atom. The molecule has 5 heteroatoms. The smallest absolute Gasteiger partial charge is 0.112 e. The molecule has 84 valence electrons. The van der Waals surface area contributed by atoms with Gasteiger partial charge in [-0.3, -0.25) is 0 Å². The van der Waals surface area contributed by atoms with Gasteiger partial charge >= 0.3 is 0 Å². The SMILES string of the molecule is CN(OS(=O)[O-])c1ccc2ccccc2c1. The number of nitrogens with zero attached hydrogens (tertiary/aromatic N) is 1. The van der Waals surface area contributed by atoms with E-state index in [4.69, 9.17) is 0 Å². The Balaban J connectivity index is 2.35. The fourth-order valence-electron chi connectivity index (χ4n) is 1.51. The van der Waals surface area contributed by atoms with Gasteiger partial charge in [0, 0.05) is 7.05 Å². The highest BCUT2D eigenvalue weighted by atomic mass is 32.2. The van der Waals surface area contributed by atoms with Gasteiger partial charge in [0.05, 0.1) is 5.69 Å². The number of hydrogen-bond acceptors (Lipinski definition) is 4. The molecule has 0 aliphatic heterocycles. The molecular weight excluding hydrogens is 226 g/mol. The maximum absolute atomic E-state index is 10.4. The summed E-state index contributed by atoms with van der Waals surface area (Å²) in [7, 11) is 1.54. The Kier molecular flexibility index (Phi) is 3.19. The van der Waals surface area contributed by atoms with Crippen molar-refractivity contribution >= 4 is 27.8 Å². The largest absolute Gasteiger partial charge is 0.748 e. The van der Waals surface area contributed by atoms with Gasteiger partial charge < -0.3 is 4.55 Å². The molecule has 0 aliphatic carbocycles. The lowest BCUT2D eigenvalue weighted by Crippen LogP contribution is -2.18. The van der Waals surface area contributed by atoms with Crippen LogP contribution in [0.1, 0.15) is 0 Å². The van der Waals surface area contributed by atoms with Gasteiger partial charge in [-0.15, -0.1) is 0 Å². The van der Waals surface area contributed by atoms with Gasteiger partial charge in [-0.1, -0.05) is 30.3 Å². The van der Waals surface area contributed by atoms with Crippen molar-refractivity contribution in [2.75, 3.05) is 12.1 Å². The molecule has 0 aliphatic rings. The fourth-order valence-corrected chi connectivity index (χ4v) is 1.78. The molecule has 0 spiro atoms. The van der Waals surface area contributed by atoms with Crippen LogP contribution in [0.15, 0.2) is 42.5 Å². The average molecular weight is 236 g/mol. The van der Waals surface area contributed by atoms with Gasteiger partial charge in [-0.2, -0.15) is 4.28 Å². The molecule has 0 amide bonds. The van der Waals surface area contributed by atoms with Crippen molar-refractivity contribution in [3.63, 3.8) is 0 Å². The first kappa shape index (κ1) is 11.1. The van der Waals surface area contributed by atoms with E-state index < -0.39 is 11.4 Å². The van der Waals surface area contributed by atoms with Crippen molar-refractivity contribution in [2.45, 2.75) is 0 Å².